The number of piperidine rings is 1. The van der Waals surface area contributed by atoms with Gasteiger partial charge in [0.2, 0.25) is 0 Å². The van der Waals surface area contributed by atoms with Crippen molar-refractivity contribution in [2.24, 2.45) is 0 Å². The predicted molar refractivity (Wildman–Crippen MR) is 83.2 cm³/mol. The van der Waals surface area contributed by atoms with Crippen LogP contribution in [0.2, 0.25) is 5.02 Å². The molecule has 0 radical (unpaired) electrons. The largest absolute Gasteiger partial charge is 0.385 e. The zero-order valence-electron chi connectivity index (χ0n) is 11.3. The van der Waals surface area contributed by atoms with Crippen LogP contribution in [0.1, 0.15) is 18.4 Å². The first-order chi connectivity index (χ1) is 9.67. The van der Waals surface area contributed by atoms with Crippen molar-refractivity contribution in [3.05, 3.63) is 65.2 Å². The molecule has 0 aromatic heterocycles. The van der Waals surface area contributed by atoms with E-state index in [1.807, 2.05) is 30.3 Å². The third-order valence-corrected chi connectivity index (χ3v) is 4.35. The molecular weight excluding hydrogens is 270 g/mol. The van der Waals surface area contributed by atoms with Crippen LogP contribution in [0.5, 0.6) is 0 Å². The molecule has 1 aliphatic rings. The Morgan fingerprint density at radius 1 is 0.900 bits per heavy atom. The lowest BCUT2D eigenvalue weighted by molar-refractivity contribution is 0.0118. The fourth-order valence-corrected chi connectivity index (χ4v) is 2.95. The van der Waals surface area contributed by atoms with Gasteiger partial charge < -0.3 is 10.0 Å². The molecule has 1 aliphatic heterocycles. The molecule has 1 N–H and O–H groups in total. The van der Waals surface area contributed by atoms with E-state index in [9.17, 15) is 5.11 Å². The number of aliphatic hydroxyl groups is 1. The van der Waals surface area contributed by atoms with Crippen molar-refractivity contribution < 1.29 is 5.11 Å². The molecule has 0 unspecified atom stereocenters. The van der Waals surface area contributed by atoms with Crippen LogP contribution in [0.15, 0.2) is 54.6 Å². The standard InChI is InChI=1S/C17H18ClNO/c18-15-8-6-14(7-9-15)17(20)10-12-19(13-11-17)16-4-2-1-3-5-16/h1-9,20H,10-13H2. The zero-order chi connectivity index (χ0) is 14.0. The van der Waals surface area contributed by atoms with E-state index in [0.717, 1.165) is 31.5 Å². The topological polar surface area (TPSA) is 23.5 Å². The van der Waals surface area contributed by atoms with Crippen molar-refractivity contribution in [1.82, 2.24) is 0 Å². The predicted octanol–water partition coefficient (Wildman–Crippen LogP) is 3.83. The lowest BCUT2D eigenvalue weighted by Gasteiger charge is -2.39. The Hall–Kier alpha value is -1.51. The third-order valence-electron chi connectivity index (χ3n) is 4.09. The summed E-state index contributed by atoms with van der Waals surface area (Å²) in [5.74, 6) is 0. The number of hydrogen-bond donors (Lipinski definition) is 1. The van der Waals surface area contributed by atoms with Gasteiger partial charge in [-0.15, -0.1) is 0 Å². The van der Waals surface area contributed by atoms with E-state index in [4.69, 9.17) is 11.6 Å². The Balaban J connectivity index is 1.73. The molecule has 1 saturated heterocycles. The first kappa shape index (κ1) is 13.5. The van der Waals surface area contributed by atoms with Crippen LogP contribution >= 0.6 is 11.6 Å². The Morgan fingerprint density at radius 2 is 1.50 bits per heavy atom. The highest BCUT2D eigenvalue weighted by molar-refractivity contribution is 6.30. The van der Waals surface area contributed by atoms with Gasteiger partial charge in [0.15, 0.2) is 0 Å². The van der Waals surface area contributed by atoms with Crippen LogP contribution in [0.3, 0.4) is 0 Å². The summed E-state index contributed by atoms with van der Waals surface area (Å²) >= 11 is 5.91. The average molecular weight is 288 g/mol. The maximum Gasteiger partial charge on any atom is 0.0930 e. The van der Waals surface area contributed by atoms with Gasteiger partial charge in [0.05, 0.1) is 5.60 Å². The van der Waals surface area contributed by atoms with E-state index in [-0.39, 0.29) is 0 Å². The SMILES string of the molecule is OC1(c2ccc(Cl)cc2)CCN(c2ccccc2)CC1. The summed E-state index contributed by atoms with van der Waals surface area (Å²) in [7, 11) is 0. The number of hydrogen-bond acceptors (Lipinski definition) is 2. The summed E-state index contributed by atoms with van der Waals surface area (Å²) in [6, 6.07) is 17.9. The summed E-state index contributed by atoms with van der Waals surface area (Å²) in [6.07, 6.45) is 1.48. The molecule has 1 fully saturated rings. The molecular formula is C17H18ClNO. The highest BCUT2D eigenvalue weighted by Crippen LogP contribution is 2.34. The third kappa shape index (κ3) is 2.67. The Labute approximate surface area is 124 Å². The Kier molecular flexibility index (Phi) is 3.68. The quantitative estimate of drug-likeness (QED) is 0.907. The second-order valence-corrected chi connectivity index (χ2v) is 5.80. The summed E-state index contributed by atoms with van der Waals surface area (Å²) < 4.78 is 0. The first-order valence-corrected chi connectivity index (χ1v) is 7.34. The van der Waals surface area contributed by atoms with Crippen LogP contribution in [-0.4, -0.2) is 18.2 Å². The molecule has 2 aromatic carbocycles. The summed E-state index contributed by atoms with van der Waals surface area (Å²) in [5.41, 5.74) is 1.47. The number of nitrogens with zero attached hydrogens (tertiary/aromatic N) is 1. The second-order valence-electron chi connectivity index (χ2n) is 5.36. The fourth-order valence-electron chi connectivity index (χ4n) is 2.82. The number of halogens is 1. The van der Waals surface area contributed by atoms with Crippen LogP contribution in [-0.2, 0) is 5.60 Å². The minimum absolute atomic E-state index is 0.707. The molecule has 20 heavy (non-hydrogen) atoms. The zero-order valence-corrected chi connectivity index (χ0v) is 12.1. The van der Waals surface area contributed by atoms with Gasteiger partial charge in [0, 0.05) is 23.8 Å². The van der Waals surface area contributed by atoms with Gasteiger partial charge in [-0.25, -0.2) is 0 Å². The van der Waals surface area contributed by atoms with E-state index in [1.165, 1.54) is 5.69 Å². The van der Waals surface area contributed by atoms with Crippen molar-refractivity contribution >= 4 is 17.3 Å². The molecule has 3 heteroatoms. The molecule has 1 heterocycles. The molecule has 2 nitrogen and oxygen atoms in total. The van der Waals surface area contributed by atoms with Crippen LogP contribution in [0, 0.1) is 0 Å². The molecule has 0 amide bonds. The lowest BCUT2D eigenvalue weighted by Crippen LogP contribution is -2.42. The monoisotopic (exact) mass is 287 g/mol. The second kappa shape index (κ2) is 5.47. The highest BCUT2D eigenvalue weighted by Gasteiger charge is 2.33. The summed E-state index contributed by atoms with van der Waals surface area (Å²) in [5, 5.41) is 11.5. The van der Waals surface area contributed by atoms with Gasteiger partial charge in [0.1, 0.15) is 0 Å². The van der Waals surface area contributed by atoms with E-state index in [0.29, 0.717) is 5.02 Å². The molecule has 0 bridgehead atoms. The van der Waals surface area contributed by atoms with E-state index in [1.54, 1.807) is 0 Å². The van der Waals surface area contributed by atoms with Gasteiger partial charge in [0.25, 0.3) is 0 Å². The Morgan fingerprint density at radius 3 is 2.10 bits per heavy atom. The van der Waals surface area contributed by atoms with Crippen molar-refractivity contribution in [2.45, 2.75) is 18.4 Å². The molecule has 2 aromatic rings. The Bertz CT molecular complexity index is 559. The van der Waals surface area contributed by atoms with Crippen LogP contribution in [0.25, 0.3) is 0 Å². The minimum Gasteiger partial charge on any atom is -0.385 e. The van der Waals surface area contributed by atoms with E-state index < -0.39 is 5.60 Å². The maximum atomic E-state index is 10.8. The summed E-state index contributed by atoms with van der Waals surface area (Å²) in [6.45, 7) is 1.73. The van der Waals surface area contributed by atoms with Crippen LogP contribution < -0.4 is 4.90 Å². The lowest BCUT2D eigenvalue weighted by atomic mass is 9.84. The first-order valence-electron chi connectivity index (χ1n) is 6.96. The van der Waals surface area contributed by atoms with E-state index in [2.05, 4.69) is 29.2 Å². The molecule has 0 atom stereocenters. The normalized spacial score (nSPS) is 18.0. The highest BCUT2D eigenvalue weighted by atomic mass is 35.5. The number of para-hydroxylation sites is 1. The molecule has 0 aliphatic carbocycles. The van der Waals surface area contributed by atoms with Crippen molar-refractivity contribution in [3.8, 4) is 0 Å². The maximum absolute atomic E-state index is 10.8. The molecule has 0 saturated carbocycles. The number of benzene rings is 2. The van der Waals surface area contributed by atoms with Gasteiger partial charge >= 0.3 is 0 Å². The number of rotatable bonds is 2. The van der Waals surface area contributed by atoms with Crippen molar-refractivity contribution in [3.63, 3.8) is 0 Å². The van der Waals surface area contributed by atoms with Crippen LogP contribution in [0.4, 0.5) is 5.69 Å². The van der Waals surface area contributed by atoms with Crippen molar-refractivity contribution in [2.75, 3.05) is 18.0 Å². The van der Waals surface area contributed by atoms with Crippen molar-refractivity contribution in [1.29, 1.82) is 0 Å². The minimum atomic E-state index is -0.726. The molecule has 104 valence electrons. The smallest absolute Gasteiger partial charge is 0.0930 e. The van der Waals surface area contributed by atoms with Gasteiger partial charge in [-0.1, -0.05) is 41.9 Å². The van der Waals surface area contributed by atoms with Gasteiger partial charge in [-0.2, -0.15) is 0 Å². The fraction of sp³-hybridized carbons (Fsp3) is 0.294. The molecule has 0 spiro atoms. The summed E-state index contributed by atoms with van der Waals surface area (Å²) in [4.78, 5) is 2.32. The van der Waals surface area contributed by atoms with Gasteiger partial charge in [-0.05, 0) is 42.7 Å². The number of anilines is 1. The average Bonchev–Trinajstić information content (AvgIpc) is 2.49. The van der Waals surface area contributed by atoms with Gasteiger partial charge in [-0.3, -0.25) is 0 Å². The van der Waals surface area contributed by atoms with E-state index >= 15 is 0 Å². The molecule has 3 rings (SSSR count).